The average Bonchev–Trinajstić information content (AvgIpc) is 2.40. The fraction of sp³-hybridized carbons (Fsp3) is 0. The van der Waals surface area contributed by atoms with Crippen molar-refractivity contribution in [2.75, 3.05) is 5.32 Å². The van der Waals surface area contributed by atoms with Gasteiger partial charge >= 0.3 is 5.69 Å². The summed E-state index contributed by atoms with van der Waals surface area (Å²) in [6, 6.07) is 2.25. The van der Waals surface area contributed by atoms with Crippen LogP contribution in [0.15, 0.2) is 24.4 Å². The molecular formula is C11H5ClF2N4O3. The number of nitrogens with zero attached hydrogens (tertiary/aromatic N) is 3. The molecule has 1 aromatic heterocycles. The van der Waals surface area contributed by atoms with Crippen LogP contribution in [0.2, 0.25) is 5.15 Å². The highest BCUT2D eigenvalue weighted by atomic mass is 35.5. The largest absolute Gasteiger partial charge is 0.308 e. The summed E-state index contributed by atoms with van der Waals surface area (Å²) in [4.78, 5) is 28.5. The Morgan fingerprint density at radius 1 is 1.38 bits per heavy atom. The Bertz CT molecular complexity index is 741. The number of halogens is 3. The van der Waals surface area contributed by atoms with Crippen molar-refractivity contribution in [3.05, 3.63) is 56.9 Å². The van der Waals surface area contributed by atoms with Gasteiger partial charge in [0.05, 0.1) is 16.6 Å². The molecule has 0 radical (unpaired) electrons. The first kappa shape index (κ1) is 14.7. The van der Waals surface area contributed by atoms with Gasteiger partial charge in [0.25, 0.3) is 5.91 Å². The molecule has 0 atom stereocenters. The second-order valence-electron chi connectivity index (χ2n) is 3.70. The number of aromatic nitrogens is 2. The number of nitrogens with one attached hydrogen (secondary N) is 1. The van der Waals surface area contributed by atoms with Crippen LogP contribution in [-0.4, -0.2) is 20.8 Å². The molecular weight excluding hydrogens is 310 g/mol. The molecule has 1 heterocycles. The monoisotopic (exact) mass is 314 g/mol. The summed E-state index contributed by atoms with van der Waals surface area (Å²) < 4.78 is 27.0. The summed E-state index contributed by atoms with van der Waals surface area (Å²) in [6.45, 7) is 0. The van der Waals surface area contributed by atoms with Crippen LogP contribution in [0.5, 0.6) is 0 Å². The Morgan fingerprint density at radius 2 is 2.10 bits per heavy atom. The van der Waals surface area contributed by atoms with Gasteiger partial charge in [0.2, 0.25) is 11.8 Å². The minimum atomic E-state index is -1.46. The first-order valence-corrected chi connectivity index (χ1v) is 5.69. The zero-order valence-corrected chi connectivity index (χ0v) is 10.8. The molecule has 108 valence electrons. The molecule has 1 aromatic carbocycles. The maximum atomic E-state index is 13.8. The van der Waals surface area contributed by atoms with Crippen molar-refractivity contribution in [3.63, 3.8) is 0 Å². The SMILES string of the molecule is O=C(Nc1nccc(Cl)n1)c1cc(F)cc([N+](=O)[O-])c1F. The predicted molar refractivity (Wildman–Crippen MR) is 68.0 cm³/mol. The highest BCUT2D eigenvalue weighted by Gasteiger charge is 2.24. The number of rotatable bonds is 3. The summed E-state index contributed by atoms with van der Waals surface area (Å²) in [6.07, 6.45) is 1.23. The van der Waals surface area contributed by atoms with Gasteiger partial charge in [-0.15, -0.1) is 0 Å². The molecule has 2 aromatic rings. The van der Waals surface area contributed by atoms with E-state index >= 15 is 0 Å². The second kappa shape index (κ2) is 5.75. The molecule has 0 aliphatic carbocycles. The van der Waals surface area contributed by atoms with Gasteiger partial charge in [-0.1, -0.05) is 11.6 Å². The van der Waals surface area contributed by atoms with Crippen LogP contribution in [-0.2, 0) is 0 Å². The van der Waals surface area contributed by atoms with E-state index in [1.54, 1.807) is 0 Å². The summed E-state index contributed by atoms with van der Waals surface area (Å²) in [5, 5.41) is 12.7. The summed E-state index contributed by atoms with van der Waals surface area (Å²) in [5.41, 5.74) is -1.99. The van der Waals surface area contributed by atoms with Crippen LogP contribution in [0.4, 0.5) is 20.4 Å². The molecule has 0 aliphatic rings. The molecule has 1 amide bonds. The third kappa shape index (κ3) is 3.26. The number of carbonyl (C=O) groups excluding carboxylic acids is 1. The number of anilines is 1. The van der Waals surface area contributed by atoms with Crippen molar-refractivity contribution in [3.8, 4) is 0 Å². The van der Waals surface area contributed by atoms with E-state index in [2.05, 4.69) is 15.3 Å². The van der Waals surface area contributed by atoms with Gasteiger partial charge in [0, 0.05) is 6.20 Å². The number of hydrogen-bond donors (Lipinski definition) is 1. The fourth-order valence-electron chi connectivity index (χ4n) is 1.44. The highest BCUT2D eigenvalue weighted by molar-refractivity contribution is 6.29. The fourth-order valence-corrected chi connectivity index (χ4v) is 1.58. The average molecular weight is 315 g/mol. The Balaban J connectivity index is 2.37. The number of nitro groups is 1. The van der Waals surface area contributed by atoms with Gasteiger partial charge < -0.3 is 0 Å². The molecule has 1 N–H and O–H groups in total. The van der Waals surface area contributed by atoms with Gasteiger partial charge in [-0.3, -0.25) is 20.2 Å². The van der Waals surface area contributed by atoms with Crippen molar-refractivity contribution in [2.45, 2.75) is 0 Å². The van der Waals surface area contributed by atoms with Crippen LogP contribution in [0.25, 0.3) is 0 Å². The van der Waals surface area contributed by atoms with Crippen LogP contribution in [0, 0.1) is 21.7 Å². The van der Waals surface area contributed by atoms with Crippen LogP contribution >= 0.6 is 11.6 Å². The second-order valence-corrected chi connectivity index (χ2v) is 4.09. The lowest BCUT2D eigenvalue weighted by Gasteiger charge is -2.05. The Labute approximate surface area is 120 Å². The Kier molecular flexibility index (Phi) is 4.03. The molecule has 10 heteroatoms. The smallest absolute Gasteiger partial charge is 0.290 e. The lowest BCUT2D eigenvalue weighted by molar-refractivity contribution is -0.387. The number of nitro benzene ring substituents is 1. The highest BCUT2D eigenvalue weighted by Crippen LogP contribution is 2.23. The molecule has 0 saturated carbocycles. The lowest BCUT2D eigenvalue weighted by atomic mass is 10.1. The minimum Gasteiger partial charge on any atom is -0.290 e. The predicted octanol–water partition coefficient (Wildman–Crippen LogP) is 2.57. The van der Waals surface area contributed by atoms with Crippen LogP contribution in [0.3, 0.4) is 0 Å². The first-order valence-electron chi connectivity index (χ1n) is 5.32. The van der Waals surface area contributed by atoms with E-state index in [9.17, 15) is 23.7 Å². The summed E-state index contributed by atoms with van der Waals surface area (Å²) in [5.74, 6) is -3.97. The van der Waals surface area contributed by atoms with Crippen LogP contribution in [0.1, 0.15) is 10.4 Å². The zero-order valence-electron chi connectivity index (χ0n) is 10.0. The quantitative estimate of drug-likeness (QED) is 0.533. The van der Waals surface area contributed by atoms with E-state index in [0.29, 0.717) is 12.1 Å². The summed E-state index contributed by atoms with van der Waals surface area (Å²) in [7, 11) is 0. The maximum absolute atomic E-state index is 13.8. The van der Waals surface area contributed by atoms with Crippen LogP contribution < -0.4 is 5.32 Å². The molecule has 2 rings (SSSR count). The van der Waals surface area contributed by atoms with Crippen molar-refractivity contribution >= 4 is 29.1 Å². The minimum absolute atomic E-state index is 0.0194. The van der Waals surface area contributed by atoms with E-state index in [-0.39, 0.29) is 11.1 Å². The Hall–Kier alpha value is -2.68. The van der Waals surface area contributed by atoms with Crippen molar-refractivity contribution in [1.82, 2.24) is 9.97 Å². The van der Waals surface area contributed by atoms with Crippen molar-refractivity contribution in [2.24, 2.45) is 0 Å². The van der Waals surface area contributed by atoms with Gasteiger partial charge in [-0.05, 0) is 12.1 Å². The number of hydrogen-bond acceptors (Lipinski definition) is 5. The third-order valence-electron chi connectivity index (χ3n) is 2.31. The van der Waals surface area contributed by atoms with E-state index in [4.69, 9.17) is 11.6 Å². The Morgan fingerprint density at radius 3 is 2.71 bits per heavy atom. The molecule has 0 aliphatic heterocycles. The molecule has 7 nitrogen and oxygen atoms in total. The molecule has 0 unspecified atom stereocenters. The van der Waals surface area contributed by atoms with E-state index in [1.807, 2.05) is 0 Å². The molecule has 21 heavy (non-hydrogen) atoms. The molecule has 0 saturated heterocycles. The molecule has 0 fully saturated rings. The van der Waals surface area contributed by atoms with E-state index < -0.39 is 33.7 Å². The molecule has 0 bridgehead atoms. The van der Waals surface area contributed by atoms with Crippen molar-refractivity contribution in [1.29, 1.82) is 0 Å². The number of benzene rings is 1. The van der Waals surface area contributed by atoms with Gasteiger partial charge in [0.15, 0.2) is 0 Å². The lowest BCUT2D eigenvalue weighted by Crippen LogP contribution is -2.17. The van der Waals surface area contributed by atoms with Crippen molar-refractivity contribution < 1.29 is 18.5 Å². The standard InChI is InChI=1S/C11H5ClF2N4O3/c12-8-1-2-15-11(16-8)17-10(19)6-3-5(13)4-7(9(6)14)18(20)21/h1-4H,(H,15,16,17,19). The molecule has 0 spiro atoms. The van der Waals surface area contributed by atoms with E-state index in [0.717, 1.165) is 0 Å². The topological polar surface area (TPSA) is 98.0 Å². The van der Waals surface area contributed by atoms with E-state index in [1.165, 1.54) is 12.3 Å². The first-order chi connectivity index (χ1) is 9.88. The number of amides is 1. The normalized spacial score (nSPS) is 10.2. The van der Waals surface area contributed by atoms with Gasteiger partial charge in [0.1, 0.15) is 11.0 Å². The maximum Gasteiger partial charge on any atom is 0.308 e. The zero-order chi connectivity index (χ0) is 15.6. The van der Waals surface area contributed by atoms with Gasteiger partial charge in [-0.2, -0.15) is 4.39 Å². The number of carbonyl (C=O) groups is 1. The summed E-state index contributed by atoms with van der Waals surface area (Å²) >= 11 is 5.57. The van der Waals surface area contributed by atoms with Gasteiger partial charge in [-0.25, -0.2) is 14.4 Å². The third-order valence-corrected chi connectivity index (χ3v) is 2.52.